The predicted octanol–water partition coefficient (Wildman–Crippen LogP) is 4.14. The van der Waals surface area contributed by atoms with Crippen LogP contribution >= 0.6 is 11.8 Å². The molecule has 10 nitrogen and oxygen atoms in total. The highest BCUT2D eigenvalue weighted by molar-refractivity contribution is 8.26. The molecule has 0 bridgehead atoms. The van der Waals surface area contributed by atoms with Crippen molar-refractivity contribution in [3.63, 3.8) is 0 Å². The van der Waals surface area contributed by atoms with Gasteiger partial charge in [0.25, 0.3) is 5.91 Å². The lowest BCUT2D eigenvalue weighted by Gasteiger charge is -2.20. The first-order chi connectivity index (χ1) is 17.3. The molecular weight excluding hydrogens is 482 g/mol. The van der Waals surface area contributed by atoms with E-state index in [0.29, 0.717) is 46.9 Å². The third-order valence-corrected chi connectivity index (χ3v) is 5.74. The number of nitrogens with one attached hydrogen (secondary N) is 2. The Morgan fingerprint density at radius 2 is 1.86 bits per heavy atom. The number of fused-ring (bicyclic) bond motifs is 1. The minimum Gasteiger partial charge on any atom is -0.490 e. The van der Waals surface area contributed by atoms with E-state index >= 15 is 0 Å². The first kappa shape index (κ1) is 25.0. The molecule has 2 aliphatic heterocycles. The zero-order chi connectivity index (χ0) is 25.7. The molecule has 0 saturated heterocycles. The number of ether oxygens (including phenoxy) is 3. The molecule has 2 amide bonds. The number of rotatable bonds is 9. The fraction of sp³-hybridized carbons (Fsp3) is 0.240. The molecular formula is C25H25N5O5S. The second-order valence-electron chi connectivity index (χ2n) is 7.68. The highest BCUT2D eigenvalue weighted by atomic mass is 32.2. The number of benzene rings is 2. The maximum absolute atomic E-state index is 12.5. The number of aliphatic imine (C=N–C) groups is 1. The number of carbonyl (C=O) groups excluding carboxylic acids is 2. The molecule has 0 aromatic heterocycles. The summed E-state index contributed by atoms with van der Waals surface area (Å²) in [5.74, 6) is 1.06. The number of anilines is 1. The van der Waals surface area contributed by atoms with Crippen molar-refractivity contribution in [3.8, 4) is 17.2 Å². The van der Waals surface area contributed by atoms with Crippen molar-refractivity contribution in [2.24, 2.45) is 10.1 Å². The number of amidine groups is 2. The molecule has 0 atom stereocenters. The fourth-order valence-electron chi connectivity index (χ4n) is 3.41. The zero-order valence-electron chi connectivity index (χ0n) is 20.0. The van der Waals surface area contributed by atoms with E-state index < -0.39 is 5.91 Å². The summed E-state index contributed by atoms with van der Waals surface area (Å²) in [7, 11) is 0. The van der Waals surface area contributed by atoms with Crippen LogP contribution in [0.25, 0.3) is 6.08 Å². The third-order valence-electron chi connectivity index (χ3n) is 4.92. The van der Waals surface area contributed by atoms with Gasteiger partial charge in [-0.1, -0.05) is 6.07 Å². The average Bonchev–Trinajstić information content (AvgIpc) is 3.21. The van der Waals surface area contributed by atoms with Crippen molar-refractivity contribution in [3.05, 3.63) is 53.6 Å². The van der Waals surface area contributed by atoms with E-state index in [1.807, 2.05) is 6.92 Å². The standard InChI is InChI=1S/C25H25N5O5S/c1-4-33-22-14-17(13-20-23(26)30-25(28-24(20)32)36-16(3)29-30)5-10-21(22)35-12-11-34-19-8-6-18(7-9-19)27-15(2)31/h5-10,13-14,26H,4,11-12H2,1-3H3,(H,27,31)/b20-13+,26-23?. The number of thioether (sulfide) groups is 1. The van der Waals surface area contributed by atoms with Gasteiger partial charge in [-0.15, -0.1) is 0 Å². The summed E-state index contributed by atoms with van der Waals surface area (Å²) in [5, 5.41) is 17.8. The van der Waals surface area contributed by atoms with Gasteiger partial charge in [-0.3, -0.25) is 15.0 Å². The van der Waals surface area contributed by atoms with Gasteiger partial charge in [-0.2, -0.15) is 15.1 Å². The van der Waals surface area contributed by atoms with Gasteiger partial charge in [0.15, 0.2) is 17.3 Å². The molecule has 2 aromatic carbocycles. The monoisotopic (exact) mass is 507 g/mol. The topological polar surface area (TPSA) is 126 Å². The van der Waals surface area contributed by atoms with Crippen LogP contribution in [0, 0.1) is 5.41 Å². The van der Waals surface area contributed by atoms with Crippen LogP contribution in [0.5, 0.6) is 17.2 Å². The van der Waals surface area contributed by atoms with E-state index in [1.165, 1.54) is 23.7 Å². The number of hydrogen-bond donors (Lipinski definition) is 2. The Morgan fingerprint density at radius 1 is 1.11 bits per heavy atom. The van der Waals surface area contributed by atoms with Gasteiger partial charge in [0.2, 0.25) is 11.1 Å². The SMILES string of the molecule is CCOc1cc(/C=C2\C(=N)N3N=C(C)SC3=NC2=O)ccc1OCCOc1ccc(NC(C)=O)cc1. The maximum atomic E-state index is 12.5. The summed E-state index contributed by atoms with van der Waals surface area (Å²) >= 11 is 1.26. The Balaban J connectivity index is 1.40. The summed E-state index contributed by atoms with van der Waals surface area (Å²) in [6.45, 7) is 6.12. The molecule has 2 aromatic rings. The van der Waals surface area contributed by atoms with Crippen LogP contribution in [-0.2, 0) is 9.59 Å². The second-order valence-corrected chi connectivity index (χ2v) is 8.84. The van der Waals surface area contributed by atoms with E-state index in [9.17, 15) is 9.59 Å². The Hall–Kier alpha value is -4.12. The van der Waals surface area contributed by atoms with Gasteiger partial charge in [-0.25, -0.2) is 0 Å². The van der Waals surface area contributed by atoms with Crippen molar-refractivity contribution >= 4 is 51.4 Å². The van der Waals surface area contributed by atoms with Crippen LogP contribution in [0.3, 0.4) is 0 Å². The molecule has 0 spiro atoms. The van der Waals surface area contributed by atoms with E-state index in [4.69, 9.17) is 19.6 Å². The molecule has 2 aliphatic rings. The lowest BCUT2D eigenvalue weighted by atomic mass is 10.1. The smallest absolute Gasteiger partial charge is 0.283 e. The Labute approximate surface area is 212 Å². The van der Waals surface area contributed by atoms with Gasteiger partial charge in [-0.05, 0) is 73.6 Å². The van der Waals surface area contributed by atoms with E-state index in [-0.39, 0.29) is 23.9 Å². The normalized spacial score (nSPS) is 15.9. The summed E-state index contributed by atoms with van der Waals surface area (Å²) in [6, 6.07) is 12.3. The molecule has 4 rings (SSSR count). The quantitative estimate of drug-likeness (QED) is 0.386. The largest absolute Gasteiger partial charge is 0.490 e. The molecule has 2 heterocycles. The van der Waals surface area contributed by atoms with Crippen LogP contribution in [0.2, 0.25) is 0 Å². The van der Waals surface area contributed by atoms with Crippen molar-refractivity contribution in [1.29, 1.82) is 5.41 Å². The van der Waals surface area contributed by atoms with Crippen molar-refractivity contribution in [2.45, 2.75) is 20.8 Å². The van der Waals surface area contributed by atoms with Crippen LogP contribution < -0.4 is 19.5 Å². The second kappa shape index (κ2) is 11.1. The number of amides is 2. The van der Waals surface area contributed by atoms with Crippen LogP contribution in [0.1, 0.15) is 26.3 Å². The predicted molar refractivity (Wildman–Crippen MR) is 140 cm³/mol. The van der Waals surface area contributed by atoms with Crippen molar-refractivity contribution in [1.82, 2.24) is 5.01 Å². The molecule has 0 radical (unpaired) electrons. The minimum atomic E-state index is -0.482. The van der Waals surface area contributed by atoms with Crippen LogP contribution in [0.4, 0.5) is 5.69 Å². The Morgan fingerprint density at radius 3 is 2.58 bits per heavy atom. The van der Waals surface area contributed by atoms with Crippen molar-refractivity contribution in [2.75, 3.05) is 25.1 Å². The molecule has 186 valence electrons. The lowest BCUT2D eigenvalue weighted by Crippen LogP contribution is -2.35. The van der Waals surface area contributed by atoms with Gasteiger partial charge >= 0.3 is 0 Å². The fourth-order valence-corrected chi connectivity index (χ4v) is 4.14. The number of carbonyl (C=O) groups is 2. The molecule has 36 heavy (non-hydrogen) atoms. The number of hydrazone groups is 1. The van der Waals surface area contributed by atoms with Crippen molar-refractivity contribution < 1.29 is 23.8 Å². The molecule has 0 saturated carbocycles. The first-order valence-corrected chi connectivity index (χ1v) is 12.0. The molecule has 0 fully saturated rings. The minimum absolute atomic E-state index is 0.0186. The highest BCUT2D eigenvalue weighted by Gasteiger charge is 2.34. The Bertz CT molecular complexity index is 1290. The maximum Gasteiger partial charge on any atom is 0.283 e. The van der Waals surface area contributed by atoms with Gasteiger partial charge in [0, 0.05) is 12.6 Å². The van der Waals surface area contributed by atoms with E-state index in [2.05, 4.69) is 15.4 Å². The van der Waals surface area contributed by atoms with Gasteiger partial charge in [0.1, 0.15) is 19.0 Å². The number of nitrogens with zero attached hydrogens (tertiary/aromatic N) is 3. The summed E-state index contributed by atoms with van der Waals surface area (Å²) in [6.07, 6.45) is 1.60. The Kier molecular flexibility index (Phi) is 7.69. The summed E-state index contributed by atoms with van der Waals surface area (Å²) < 4.78 is 17.3. The molecule has 0 unspecified atom stereocenters. The molecule has 0 aliphatic carbocycles. The highest BCUT2D eigenvalue weighted by Crippen LogP contribution is 2.31. The first-order valence-electron chi connectivity index (χ1n) is 11.2. The molecule has 11 heteroatoms. The third kappa shape index (κ3) is 5.92. The summed E-state index contributed by atoms with van der Waals surface area (Å²) in [5.41, 5.74) is 1.51. The van der Waals surface area contributed by atoms with Gasteiger partial charge < -0.3 is 19.5 Å². The zero-order valence-corrected chi connectivity index (χ0v) is 20.8. The molecule has 2 N–H and O–H groups in total. The van der Waals surface area contributed by atoms with Gasteiger partial charge in [0.05, 0.1) is 17.2 Å². The lowest BCUT2D eigenvalue weighted by molar-refractivity contribution is -0.115. The van der Waals surface area contributed by atoms with Crippen LogP contribution in [-0.4, -0.2) is 52.7 Å². The summed E-state index contributed by atoms with van der Waals surface area (Å²) in [4.78, 5) is 27.7. The van der Waals surface area contributed by atoms with Crippen LogP contribution in [0.15, 0.2) is 58.1 Å². The van der Waals surface area contributed by atoms with E-state index in [0.717, 1.165) is 5.04 Å². The van der Waals surface area contributed by atoms with E-state index in [1.54, 1.807) is 55.5 Å². The number of hydrogen-bond acceptors (Lipinski definition) is 8. The average molecular weight is 508 g/mol.